The predicted octanol–water partition coefficient (Wildman–Crippen LogP) is 6.79. The van der Waals surface area contributed by atoms with Crippen molar-refractivity contribution in [3.8, 4) is 0 Å². The third kappa shape index (κ3) is 7.77. The molecule has 0 aliphatic carbocycles. The van der Waals surface area contributed by atoms with Crippen LogP contribution in [0.4, 0.5) is 36.8 Å². The van der Waals surface area contributed by atoms with Crippen molar-refractivity contribution in [1.29, 1.82) is 0 Å². The van der Waals surface area contributed by atoms with E-state index < -0.39 is 53.7 Å². The molecule has 3 amide bonds. The summed E-state index contributed by atoms with van der Waals surface area (Å²) in [4.78, 5) is 28.7. The number of urea groups is 1. The van der Waals surface area contributed by atoms with Gasteiger partial charge in [-0.25, -0.2) is 4.79 Å². The Bertz CT molecular complexity index is 1190. The number of furan rings is 1. The molecule has 0 saturated carbocycles. The molecule has 0 spiro atoms. The number of anilines is 1. The Kier molecular flexibility index (Phi) is 8.74. The molecule has 1 heterocycles. The lowest BCUT2D eigenvalue weighted by Gasteiger charge is -2.30. The van der Waals surface area contributed by atoms with E-state index in [1.807, 2.05) is 6.07 Å². The van der Waals surface area contributed by atoms with Crippen LogP contribution in [0.2, 0.25) is 0 Å². The van der Waals surface area contributed by atoms with E-state index in [0.717, 1.165) is 10.5 Å². The smallest absolute Gasteiger partial charge is 0.416 e. The van der Waals surface area contributed by atoms with Gasteiger partial charge in [0.1, 0.15) is 12.3 Å². The van der Waals surface area contributed by atoms with E-state index in [1.165, 1.54) is 11.2 Å². The van der Waals surface area contributed by atoms with Gasteiger partial charge in [0.15, 0.2) is 0 Å². The lowest BCUT2D eigenvalue weighted by Crippen LogP contribution is -2.47. The van der Waals surface area contributed by atoms with Crippen LogP contribution < -0.4 is 5.32 Å². The van der Waals surface area contributed by atoms with E-state index in [1.54, 1.807) is 50.2 Å². The van der Waals surface area contributed by atoms with E-state index >= 15 is 0 Å². The summed E-state index contributed by atoms with van der Waals surface area (Å²) in [5.41, 5.74) is -3.03. The normalized spacial score (nSPS) is 11.9. The van der Waals surface area contributed by atoms with Crippen molar-refractivity contribution >= 4 is 17.6 Å². The standard InChI is InChI=1S/C26H25F6N3O3/c1-17(2)35(24(37)33-21-12-19(25(27,28)29)11-20(13-21)26(30,31)32)16-23(36)34(15-22-9-6-10-38-22)14-18-7-4-3-5-8-18/h3-13,17H,14-16H2,1-2H3,(H,33,37). The predicted molar refractivity (Wildman–Crippen MR) is 127 cm³/mol. The van der Waals surface area contributed by atoms with Crippen molar-refractivity contribution in [3.05, 3.63) is 89.4 Å². The van der Waals surface area contributed by atoms with E-state index in [2.05, 4.69) is 5.32 Å². The van der Waals surface area contributed by atoms with Crippen molar-refractivity contribution in [1.82, 2.24) is 9.80 Å². The monoisotopic (exact) mass is 541 g/mol. The number of halogens is 6. The largest absolute Gasteiger partial charge is 0.467 e. The second-order valence-corrected chi connectivity index (χ2v) is 8.76. The molecule has 0 unspecified atom stereocenters. The molecule has 0 saturated heterocycles. The van der Waals surface area contributed by atoms with Gasteiger partial charge in [-0.15, -0.1) is 0 Å². The number of nitrogens with zero attached hydrogens (tertiary/aromatic N) is 2. The van der Waals surface area contributed by atoms with Gasteiger partial charge in [-0.2, -0.15) is 26.3 Å². The minimum absolute atomic E-state index is 0.0323. The molecule has 1 aromatic heterocycles. The van der Waals surface area contributed by atoms with Crippen molar-refractivity contribution < 1.29 is 40.3 Å². The number of carbonyl (C=O) groups excluding carboxylic acids is 2. The maximum atomic E-state index is 13.3. The number of rotatable bonds is 8. The molecule has 0 atom stereocenters. The van der Waals surface area contributed by atoms with Gasteiger partial charge in [0, 0.05) is 18.3 Å². The zero-order chi connectivity index (χ0) is 28.1. The molecule has 3 aromatic rings. The SMILES string of the molecule is CC(C)N(CC(=O)N(Cc1ccccc1)Cc1ccco1)C(=O)Nc1cc(C(F)(F)F)cc(C(F)(F)F)c1. The average molecular weight is 541 g/mol. The molecule has 204 valence electrons. The van der Waals surface area contributed by atoms with Crippen LogP contribution in [0.25, 0.3) is 0 Å². The quantitative estimate of drug-likeness (QED) is 0.320. The summed E-state index contributed by atoms with van der Waals surface area (Å²) in [5.74, 6) is -0.0207. The Hall–Kier alpha value is -3.96. The first-order chi connectivity index (χ1) is 17.7. The molecule has 1 N–H and O–H groups in total. The van der Waals surface area contributed by atoms with Gasteiger partial charge < -0.3 is 19.5 Å². The molecule has 0 radical (unpaired) electrons. The summed E-state index contributed by atoms with van der Waals surface area (Å²) in [6.45, 7) is 2.90. The van der Waals surface area contributed by atoms with Crippen molar-refractivity contribution in [2.24, 2.45) is 0 Å². The van der Waals surface area contributed by atoms with E-state index in [9.17, 15) is 35.9 Å². The summed E-state index contributed by atoms with van der Waals surface area (Å²) in [7, 11) is 0. The Labute approximate surface area is 214 Å². The molecule has 0 bridgehead atoms. The van der Waals surface area contributed by atoms with Crippen molar-refractivity contribution in [3.63, 3.8) is 0 Å². The van der Waals surface area contributed by atoms with Crippen LogP contribution in [-0.2, 0) is 30.2 Å². The molecule has 38 heavy (non-hydrogen) atoms. The summed E-state index contributed by atoms with van der Waals surface area (Å²) in [6, 6.07) is 11.5. The highest BCUT2D eigenvalue weighted by Crippen LogP contribution is 2.37. The second kappa shape index (κ2) is 11.6. The topological polar surface area (TPSA) is 65.8 Å². The molecule has 3 rings (SSSR count). The summed E-state index contributed by atoms with van der Waals surface area (Å²) in [6.07, 6.45) is -8.70. The van der Waals surface area contributed by atoms with Gasteiger partial charge in [-0.1, -0.05) is 30.3 Å². The Morgan fingerprint density at radius 1 is 0.868 bits per heavy atom. The Morgan fingerprint density at radius 2 is 1.47 bits per heavy atom. The van der Waals surface area contributed by atoms with E-state index in [-0.39, 0.29) is 19.2 Å². The van der Waals surface area contributed by atoms with Crippen molar-refractivity contribution in [2.45, 2.75) is 45.3 Å². The number of benzene rings is 2. The molecule has 0 aliphatic rings. The zero-order valence-electron chi connectivity index (χ0n) is 20.4. The highest BCUT2D eigenvalue weighted by molar-refractivity contribution is 5.92. The van der Waals surface area contributed by atoms with Gasteiger partial charge >= 0.3 is 18.4 Å². The number of carbonyl (C=O) groups is 2. The molecule has 0 fully saturated rings. The second-order valence-electron chi connectivity index (χ2n) is 8.76. The maximum absolute atomic E-state index is 13.3. The zero-order valence-corrected chi connectivity index (χ0v) is 20.4. The van der Waals surface area contributed by atoms with Crippen molar-refractivity contribution in [2.75, 3.05) is 11.9 Å². The first kappa shape index (κ1) is 28.6. The van der Waals surface area contributed by atoms with Crippen LogP contribution in [0, 0.1) is 0 Å². The highest BCUT2D eigenvalue weighted by Gasteiger charge is 2.37. The summed E-state index contributed by atoms with van der Waals surface area (Å²) >= 11 is 0. The third-order valence-corrected chi connectivity index (χ3v) is 5.52. The number of nitrogens with one attached hydrogen (secondary N) is 1. The summed E-state index contributed by atoms with van der Waals surface area (Å²) in [5, 5.41) is 2.09. The van der Waals surface area contributed by atoms with E-state index in [4.69, 9.17) is 4.42 Å². The van der Waals surface area contributed by atoms with Crippen LogP contribution in [0.5, 0.6) is 0 Å². The molecular formula is C26H25F6N3O3. The summed E-state index contributed by atoms with van der Waals surface area (Å²) < 4.78 is 84.6. The fraction of sp³-hybridized carbons (Fsp3) is 0.308. The number of hydrogen-bond donors (Lipinski definition) is 1. The Morgan fingerprint density at radius 3 is 1.97 bits per heavy atom. The number of amides is 3. The average Bonchev–Trinajstić information content (AvgIpc) is 3.34. The first-order valence-electron chi connectivity index (χ1n) is 11.4. The Balaban J connectivity index is 1.83. The van der Waals surface area contributed by atoms with Gasteiger partial charge in [0.25, 0.3) is 0 Å². The van der Waals surface area contributed by atoms with Crippen LogP contribution >= 0.6 is 0 Å². The van der Waals surface area contributed by atoms with Crippen LogP contribution in [0.3, 0.4) is 0 Å². The highest BCUT2D eigenvalue weighted by atomic mass is 19.4. The number of alkyl halides is 6. The fourth-order valence-electron chi connectivity index (χ4n) is 3.58. The third-order valence-electron chi connectivity index (χ3n) is 5.52. The molecular weight excluding hydrogens is 516 g/mol. The molecule has 0 aliphatic heterocycles. The van der Waals surface area contributed by atoms with Crippen LogP contribution in [-0.4, -0.2) is 34.3 Å². The lowest BCUT2D eigenvalue weighted by atomic mass is 10.1. The lowest BCUT2D eigenvalue weighted by molar-refractivity contribution is -0.143. The molecule has 12 heteroatoms. The number of hydrogen-bond acceptors (Lipinski definition) is 3. The van der Waals surface area contributed by atoms with Gasteiger partial charge in [0.2, 0.25) is 5.91 Å². The van der Waals surface area contributed by atoms with Gasteiger partial charge in [-0.3, -0.25) is 4.79 Å². The van der Waals surface area contributed by atoms with Crippen LogP contribution in [0.15, 0.2) is 71.3 Å². The molecule has 2 aromatic carbocycles. The van der Waals surface area contributed by atoms with Gasteiger partial charge in [-0.05, 0) is 49.7 Å². The van der Waals surface area contributed by atoms with Crippen LogP contribution in [0.1, 0.15) is 36.3 Å². The maximum Gasteiger partial charge on any atom is 0.416 e. The minimum atomic E-state index is -5.07. The minimum Gasteiger partial charge on any atom is -0.467 e. The van der Waals surface area contributed by atoms with E-state index in [0.29, 0.717) is 17.9 Å². The molecule has 6 nitrogen and oxygen atoms in total. The first-order valence-corrected chi connectivity index (χ1v) is 11.4. The van der Waals surface area contributed by atoms with Gasteiger partial charge in [0.05, 0.1) is 23.9 Å². The fourth-order valence-corrected chi connectivity index (χ4v) is 3.58.